The molecule has 0 saturated carbocycles. The molecule has 0 aromatic heterocycles. The van der Waals surface area contributed by atoms with Crippen molar-refractivity contribution in [1.82, 2.24) is 21.5 Å². The second-order valence-electron chi connectivity index (χ2n) is 4.95. The SMILES string of the molecule is Brc1cc(/C=N/NC2=NCCN2)c(Br)cc1/C=N/NC1=NCCN1. The summed E-state index contributed by atoms with van der Waals surface area (Å²) in [5.74, 6) is 1.39. The molecule has 0 fully saturated rings. The number of benzene rings is 1. The molecular formula is C14H16Br2N8. The van der Waals surface area contributed by atoms with Gasteiger partial charge in [0.15, 0.2) is 0 Å². The molecule has 3 rings (SSSR count). The largest absolute Gasteiger partial charge is 0.353 e. The third-order valence-corrected chi connectivity index (χ3v) is 4.59. The lowest BCUT2D eigenvalue weighted by molar-refractivity contribution is 0.919. The van der Waals surface area contributed by atoms with Crippen molar-refractivity contribution in [1.29, 1.82) is 0 Å². The summed E-state index contributed by atoms with van der Waals surface area (Å²) in [6.45, 7) is 3.24. The van der Waals surface area contributed by atoms with E-state index in [1.807, 2.05) is 12.1 Å². The minimum atomic E-state index is 0.694. The van der Waals surface area contributed by atoms with Gasteiger partial charge in [-0.2, -0.15) is 10.2 Å². The number of hydrazone groups is 2. The normalized spacial score (nSPS) is 16.9. The summed E-state index contributed by atoms with van der Waals surface area (Å²) in [4.78, 5) is 8.42. The summed E-state index contributed by atoms with van der Waals surface area (Å²) in [5.41, 5.74) is 7.61. The summed E-state index contributed by atoms with van der Waals surface area (Å²) >= 11 is 7.10. The van der Waals surface area contributed by atoms with Gasteiger partial charge in [0.2, 0.25) is 11.9 Å². The van der Waals surface area contributed by atoms with Gasteiger partial charge < -0.3 is 10.6 Å². The van der Waals surface area contributed by atoms with Gasteiger partial charge in [0.1, 0.15) is 0 Å². The Bertz CT molecular complexity index is 664. The van der Waals surface area contributed by atoms with Crippen molar-refractivity contribution < 1.29 is 0 Å². The quantitative estimate of drug-likeness (QED) is 0.401. The molecule has 0 aliphatic carbocycles. The van der Waals surface area contributed by atoms with Crippen molar-refractivity contribution >= 4 is 56.2 Å². The van der Waals surface area contributed by atoms with Crippen molar-refractivity contribution in [3.05, 3.63) is 32.2 Å². The summed E-state index contributed by atoms with van der Waals surface area (Å²) in [6, 6.07) is 3.93. The first-order valence-electron chi connectivity index (χ1n) is 7.36. The molecule has 0 amide bonds. The van der Waals surface area contributed by atoms with Crippen LogP contribution in [0.5, 0.6) is 0 Å². The Balaban J connectivity index is 1.63. The number of aliphatic imine (C=N–C) groups is 2. The van der Waals surface area contributed by atoms with Crippen LogP contribution < -0.4 is 21.5 Å². The van der Waals surface area contributed by atoms with Crippen LogP contribution in [0.15, 0.2) is 41.3 Å². The molecule has 2 heterocycles. The molecule has 2 aliphatic heterocycles. The van der Waals surface area contributed by atoms with Gasteiger partial charge in [-0.05, 0) is 12.1 Å². The van der Waals surface area contributed by atoms with Gasteiger partial charge in [0, 0.05) is 33.2 Å². The molecule has 0 unspecified atom stereocenters. The second-order valence-corrected chi connectivity index (χ2v) is 6.66. The average molecular weight is 456 g/mol. The zero-order chi connectivity index (χ0) is 16.8. The van der Waals surface area contributed by atoms with Crippen molar-refractivity contribution in [2.45, 2.75) is 0 Å². The second kappa shape index (κ2) is 8.25. The van der Waals surface area contributed by atoms with E-state index >= 15 is 0 Å². The van der Waals surface area contributed by atoms with E-state index in [1.165, 1.54) is 0 Å². The molecule has 0 atom stereocenters. The minimum Gasteiger partial charge on any atom is -0.353 e. The van der Waals surface area contributed by atoms with E-state index in [4.69, 9.17) is 0 Å². The van der Waals surface area contributed by atoms with Crippen LogP contribution in [0, 0.1) is 0 Å². The lowest BCUT2D eigenvalue weighted by atomic mass is 10.1. The highest BCUT2D eigenvalue weighted by atomic mass is 79.9. The Morgan fingerprint density at radius 2 is 1.33 bits per heavy atom. The lowest BCUT2D eigenvalue weighted by Gasteiger charge is -2.05. The number of rotatable bonds is 4. The van der Waals surface area contributed by atoms with Gasteiger partial charge in [-0.1, -0.05) is 31.9 Å². The van der Waals surface area contributed by atoms with Crippen molar-refractivity contribution in [2.24, 2.45) is 20.2 Å². The van der Waals surface area contributed by atoms with Crippen LogP contribution in [0.25, 0.3) is 0 Å². The molecule has 1 aromatic carbocycles. The summed E-state index contributed by atoms with van der Waals surface area (Å²) < 4.78 is 1.82. The minimum absolute atomic E-state index is 0.694. The van der Waals surface area contributed by atoms with E-state index in [1.54, 1.807) is 12.4 Å². The van der Waals surface area contributed by atoms with Crippen molar-refractivity contribution in [3.63, 3.8) is 0 Å². The fourth-order valence-electron chi connectivity index (χ4n) is 2.05. The van der Waals surface area contributed by atoms with E-state index < -0.39 is 0 Å². The van der Waals surface area contributed by atoms with E-state index in [9.17, 15) is 0 Å². The first kappa shape index (κ1) is 16.9. The first-order chi connectivity index (χ1) is 11.7. The van der Waals surface area contributed by atoms with Crippen LogP contribution in [0.2, 0.25) is 0 Å². The molecule has 0 radical (unpaired) electrons. The monoisotopic (exact) mass is 454 g/mol. The first-order valence-corrected chi connectivity index (χ1v) is 8.95. The van der Waals surface area contributed by atoms with Crippen LogP contribution >= 0.6 is 31.9 Å². The van der Waals surface area contributed by atoms with Crippen LogP contribution in [0.3, 0.4) is 0 Å². The predicted molar refractivity (Wildman–Crippen MR) is 104 cm³/mol. The number of hydrogen-bond acceptors (Lipinski definition) is 8. The number of hydrogen-bond donors (Lipinski definition) is 4. The van der Waals surface area contributed by atoms with Gasteiger partial charge >= 0.3 is 0 Å². The fraction of sp³-hybridized carbons (Fsp3) is 0.286. The fourth-order valence-corrected chi connectivity index (χ4v) is 2.97. The smallest absolute Gasteiger partial charge is 0.212 e. The maximum Gasteiger partial charge on any atom is 0.212 e. The molecule has 126 valence electrons. The molecule has 4 N–H and O–H groups in total. The highest BCUT2D eigenvalue weighted by molar-refractivity contribution is 9.11. The molecule has 24 heavy (non-hydrogen) atoms. The molecule has 2 aliphatic rings. The molecule has 0 bridgehead atoms. The average Bonchev–Trinajstić information content (AvgIpc) is 3.25. The Morgan fingerprint density at radius 3 is 1.71 bits per heavy atom. The van der Waals surface area contributed by atoms with Crippen molar-refractivity contribution in [2.75, 3.05) is 26.2 Å². The maximum atomic E-state index is 4.21. The van der Waals surface area contributed by atoms with E-state index in [0.29, 0.717) is 11.9 Å². The zero-order valence-electron chi connectivity index (χ0n) is 12.7. The number of nitrogens with zero attached hydrogens (tertiary/aromatic N) is 4. The predicted octanol–water partition coefficient (Wildman–Crippen LogP) is 0.977. The van der Waals surface area contributed by atoms with Crippen LogP contribution in [0.1, 0.15) is 11.1 Å². The molecule has 1 aromatic rings. The third kappa shape index (κ3) is 4.54. The molecule has 8 nitrogen and oxygen atoms in total. The van der Waals surface area contributed by atoms with E-state index in [2.05, 4.69) is 73.5 Å². The lowest BCUT2D eigenvalue weighted by Crippen LogP contribution is -2.30. The van der Waals surface area contributed by atoms with Gasteiger partial charge in [0.25, 0.3) is 0 Å². The standard InChI is InChI=1S/C14H16Br2N8/c15-11-6-10(8-22-24-14-19-3-4-20-14)12(16)5-9(11)7-21-23-13-17-1-2-18-13/h5-8H,1-4H2,(H2,17,18,23)(H2,19,20,24)/b21-7+,22-8+. The molecule has 0 saturated heterocycles. The van der Waals surface area contributed by atoms with Crippen LogP contribution in [-0.4, -0.2) is 50.5 Å². The van der Waals surface area contributed by atoms with Crippen molar-refractivity contribution in [3.8, 4) is 0 Å². The summed E-state index contributed by atoms with van der Waals surface area (Å²) in [7, 11) is 0. The Hall–Kier alpha value is -1.94. The highest BCUT2D eigenvalue weighted by Gasteiger charge is 2.06. The van der Waals surface area contributed by atoms with Gasteiger partial charge in [-0.3, -0.25) is 0 Å². The topological polar surface area (TPSA) is 97.6 Å². The Morgan fingerprint density at radius 1 is 0.875 bits per heavy atom. The van der Waals surface area contributed by atoms with Crippen LogP contribution in [-0.2, 0) is 0 Å². The van der Waals surface area contributed by atoms with Gasteiger partial charge in [-0.15, -0.1) is 0 Å². The molecular weight excluding hydrogens is 440 g/mol. The Labute approximate surface area is 156 Å². The summed E-state index contributed by atoms with van der Waals surface area (Å²) in [6.07, 6.45) is 3.46. The van der Waals surface area contributed by atoms with Gasteiger partial charge in [-0.25, -0.2) is 20.8 Å². The number of halogens is 2. The number of nitrogens with one attached hydrogen (secondary N) is 4. The summed E-state index contributed by atoms with van der Waals surface area (Å²) in [5, 5.41) is 14.5. The van der Waals surface area contributed by atoms with Crippen LogP contribution in [0.4, 0.5) is 0 Å². The van der Waals surface area contributed by atoms with Gasteiger partial charge in [0.05, 0.1) is 25.5 Å². The zero-order valence-corrected chi connectivity index (χ0v) is 15.9. The van der Waals surface area contributed by atoms with E-state index in [-0.39, 0.29) is 0 Å². The highest BCUT2D eigenvalue weighted by Crippen LogP contribution is 2.24. The number of guanidine groups is 2. The molecule has 0 spiro atoms. The Kier molecular flexibility index (Phi) is 5.81. The van der Waals surface area contributed by atoms with E-state index in [0.717, 1.165) is 46.3 Å². The maximum absolute atomic E-state index is 4.21. The molecule has 10 heteroatoms. The third-order valence-electron chi connectivity index (χ3n) is 3.21.